The molecule has 1 unspecified atom stereocenters. The summed E-state index contributed by atoms with van der Waals surface area (Å²) in [6.45, 7) is 3.09. The number of benzene rings is 1. The first-order valence-corrected chi connectivity index (χ1v) is 8.64. The van der Waals surface area contributed by atoms with E-state index in [1.165, 1.54) is 5.69 Å². The van der Waals surface area contributed by atoms with Gasteiger partial charge in [0.05, 0.1) is 13.2 Å². The van der Waals surface area contributed by atoms with Crippen molar-refractivity contribution < 1.29 is 9.53 Å². The minimum absolute atomic E-state index is 0.129. The second kappa shape index (κ2) is 8.53. The number of nitrogens with zero attached hydrogens (tertiary/aromatic N) is 3. The van der Waals surface area contributed by atoms with Crippen molar-refractivity contribution in [3.63, 3.8) is 0 Å². The van der Waals surface area contributed by atoms with Gasteiger partial charge < -0.3 is 15.0 Å². The average Bonchev–Trinajstić information content (AvgIpc) is 3.08. The summed E-state index contributed by atoms with van der Waals surface area (Å²) < 4.78 is 6.76. The molecule has 1 aliphatic heterocycles. The Hall–Kier alpha value is -2.54. The van der Waals surface area contributed by atoms with Gasteiger partial charge in [-0.3, -0.25) is 10.00 Å². The van der Waals surface area contributed by atoms with E-state index in [4.69, 9.17) is 4.74 Å². The largest absolute Gasteiger partial charge is 0.383 e. The Morgan fingerprint density at radius 3 is 2.96 bits per heavy atom. The summed E-state index contributed by atoms with van der Waals surface area (Å²) in [7, 11) is 1.65. The quantitative estimate of drug-likeness (QED) is 0.844. The van der Waals surface area contributed by atoms with Crippen molar-refractivity contribution in [1.29, 1.82) is 0 Å². The average molecular weight is 343 g/mol. The highest BCUT2D eigenvalue weighted by Crippen LogP contribution is 2.19. The molecule has 25 heavy (non-hydrogen) atoms. The van der Waals surface area contributed by atoms with E-state index < -0.39 is 0 Å². The lowest BCUT2D eigenvalue weighted by Gasteiger charge is -2.34. The summed E-state index contributed by atoms with van der Waals surface area (Å²) in [6, 6.07) is 12.0. The maximum Gasteiger partial charge on any atom is 0.320 e. The van der Waals surface area contributed by atoms with Crippen molar-refractivity contribution in [1.82, 2.24) is 15.1 Å². The molecule has 0 radical (unpaired) electrons. The zero-order valence-corrected chi connectivity index (χ0v) is 14.5. The third-order valence-corrected chi connectivity index (χ3v) is 4.28. The molecule has 2 amide bonds. The molecule has 2 heterocycles. The van der Waals surface area contributed by atoms with Crippen LogP contribution in [0.2, 0.25) is 0 Å². The van der Waals surface area contributed by atoms with Gasteiger partial charge in [0.25, 0.3) is 0 Å². The molecule has 1 aromatic heterocycles. The summed E-state index contributed by atoms with van der Waals surface area (Å²) in [5, 5.41) is 10.2. The fourth-order valence-corrected chi connectivity index (χ4v) is 3.04. The van der Waals surface area contributed by atoms with Gasteiger partial charge in [-0.2, -0.15) is 5.10 Å². The van der Waals surface area contributed by atoms with Gasteiger partial charge in [-0.05, 0) is 25.0 Å². The first-order valence-electron chi connectivity index (χ1n) is 8.64. The molecule has 1 aliphatic rings. The van der Waals surface area contributed by atoms with Crippen LogP contribution in [0.5, 0.6) is 0 Å². The molecule has 7 nitrogen and oxygen atoms in total. The summed E-state index contributed by atoms with van der Waals surface area (Å²) in [5.41, 5.74) is 1.20. The molecule has 1 fully saturated rings. The summed E-state index contributed by atoms with van der Waals surface area (Å²) in [5.74, 6) is 0.546. The number of methoxy groups -OCH3 is 1. The molecule has 0 saturated carbocycles. The van der Waals surface area contributed by atoms with Crippen LogP contribution in [0, 0.1) is 0 Å². The van der Waals surface area contributed by atoms with Crippen molar-refractivity contribution in [2.75, 3.05) is 37.0 Å². The maximum absolute atomic E-state index is 12.2. The number of para-hydroxylation sites is 1. The highest BCUT2D eigenvalue weighted by atomic mass is 16.5. The van der Waals surface area contributed by atoms with E-state index in [0.717, 1.165) is 25.9 Å². The number of urea groups is 1. The summed E-state index contributed by atoms with van der Waals surface area (Å²) in [4.78, 5) is 14.5. The molecule has 7 heteroatoms. The number of carbonyl (C=O) groups is 1. The van der Waals surface area contributed by atoms with Gasteiger partial charge in [-0.1, -0.05) is 18.2 Å². The van der Waals surface area contributed by atoms with Crippen LogP contribution in [-0.2, 0) is 11.3 Å². The van der Waals surface area contributed by atoms with Gasteiger partial charge in [-0.25, -0.2) is 4.79 Å². The van der Waals surface area contributed by atoms with Gasteiger partial charge >= 0.3 is 6.03 Å². The molecule has 1 aromatic carbocycles. The van der Waals surface area contributed by atoms with Crippen molar-refractivity contribution in [3.05, 3.63) is 42.6 Å². The van der Waals surface area contributed by atoms with Crippen molar-refractivity contribution in [2.24, 2.45) is 0 Å². The van der Waals surface area contributed by atoms with Crippen molar-refractivity contribution >= 4 is 17.5 Å². The van der Waals surface area contributed by atoms with Crippen LogP contribution in [0.25, 0.3) is 0 Å². The van der Waals surface area contributed by atoms with Crippen LogP contribution in [0.3, 0.4) is 0 Å². The number of carbonyl (C=O) groups excluding carboxylic acids is 1. The highest BCUT2D eigenvalue weighted by molar-refractivity contribution is 5.88. The molecule has 1 atom stereocenters. The Bertz CT molecular complexity index is 673. The molecule has 0 bridgehead atoms. The first kappa shape index (κ1) is 17.3. The molecular weight excluding hydrogens is 318 g/mol. The van der Waals surface area contributed by atoms with E-state index in [2.05, 4.69) is 32.8 Å². The predicted octanol–water partition coefficient (Wildman–Crippen LogP) is 2.32. The third-order valence-electron chi connectivity index (χ3n) is 4.28. The number of aromatic nitrogens is 2. The lowest BCUT2D eigenvalue weighted by Crippen LogP contribution is -2.49. The minimum atomic E-state index is -0.211. The fraction of sp³-hybridized carbons (Fsp3) is 0.444. The van der Waals surface area contributed by atoms with E-state index in [1.807, 2.05) is 24.4 Å². The second-order valence-electron chi connectivity index (χ2n) is 6.18. The van der Waals surface area contributed by atoms with Gasteiger partial charge in [0.2, 0.25) is 0 Å². The molecule has 0 aliphatic carbocycles. The first-order chi connectivity index (χ1) is 12.2. The monoisotopic (exact) mass is 343 g/mol. The fourth-order valence-electron chi connectivity index (χ4n) is 3.04. The van der Waals surface area contributed by atoms with Crippen LogP contribution in [0.4, 0.5) is 16.3 Å². The van der Waals surface area contributed by atoms with Gasteiger partial charge in [0, 0.05) is 44.2 Å². The Kier molecular flexibility index (Phi) is 5.90. The number of hydrogen-bond acceptors (Lipinski definition) is 4. The molecule has 3 rings (SSSR count). The Morgan fingerprint density at radius 1 is 1.32 bits per heavy atom. The van der Waals surface area contributed by atoms with Crippen LogP contribution in [0.15, 0.2) is 42.6 Å². The van der Waals surface area contributed by atoms with Crippen LogP contribution in [0.1, 0.15) is 12.8 Å². The van der Waals surface area contributed by atoms with Crippen molar-refractivity contribution in [2.45, 2.75) is 25.4 Å². The molecule has 0 spiro atoms. The lowest BCUT2D eigenvalue weighted by molar-refractivity contribution is 0.183. The van der Waals surface area contributed by atoms with E-state index in [-0.39, 0.29) is 12.1 Å². The highest BCUT2D eigenvalue weighted by Gasteiger charge is 2.21. The topological polar surface area (TPSA) is 71.4 Å². The third kappa shape index (κ3) is 4.96. The van der Waals surface area contributed by atoms with E-state index in [9.17, 15) is 4.79 Å². The standard InChI is InChI=1S/C18H25N5O2/c1-25-13-12-23-11-9-17(21-23)20-18(24)19-15-6-5-10-22(14-15)16-7-3-2-4-8-16/h2-4,7-9,11,15H,5-6,10,12-14H2,1H3,(H2,19,20,21,24). The van der Waals surface area contributed by atoms with Crippen LogP contribution < -0.4 is 15.5 Å². The lowest BCUT2D eigenvalue weighted by atomic mass is 10.1. The van der Waals surface area contributed by atoms with E-state index in [1.54, 1.807) is 17.9 Å². The zero-order chi connectivity index (χ0) is 17.5. The second-order valence-corrected chi connectivity index (χ2v) is 6.18. The maximum atomic E-state index is 12.2. The molecular formula is C18H25N5O2. The number of amides is 2. The Balaban J connectivity index is 1.49. The Morgan fingerprint density at radius 2 is 2.16 bits per heavy atom. The molecule has 2 aromatic rings. The summed E-state index contributed by atoms with van der Waals surface area (Å²) >= 11 is 0. The Labute approximate surface area is 148 Å². The number of nitrogens with one attached hydrogen (secondary N) is 2. The van der Waals surface area contributed by atoms with Gasteiger partial charge in [-0.15, -0.1) is 0 Å². The number of piperidine rings is 1. The number of anilines is 2. The molecule has 134 valence electrons. The van der Waals surface area contributed by atoms with E-state index >= 15 is 0 Å². The van der Waals surface area contributed by atoms with Crippen molar-refractivity contribution in [3.8, 4) is 0 Å². The number of hydrogen-bond donors (Lipinski definition) is 2. The van der Waals surface area contributed by atoms with Gasteiger partial charge in [0.1, 0.15) is 0 Å². The zero-order valence-electron chi connectivity index (χ0n) is 14.5. The normalized spacial score (nSPS) is 17.3. The summed E-state index contributed by atoms with van der Waals surface area (Å²) in [6.07, 6.45) is 3.87. The van der Waals surface area contributed by atoms with Gasteiger partial charge in [0.15, 0.2) is 5.82 Å². The van der Waals surface area contributed by atoms with Crippen LogP contribution >= 0.6 is 0 Å². The van der Waals surface area contributed by atoms with E-state index in [0.29, 0.717) is 19.0 Å². The molecule has 1 saturated heterocycles. The molecule has 2 N–H and O–H groups in total. The minimum Gasteiger partial charge on any atom is -0.383 e. The van der Waals surface area contributed by atoms with Crippen LogP contribution in [-0.4, -0.2) is 48.7 Å². The SMILES string of the molecule is COCCn1ccc(NC(=O)NC2CCCN(c3ccccc3)C2)n1. The number of rotatable bonds is 6. The predicted molar refractivity (Wildman–Crippen MR) is 97.9 cm³/mol. The number of ether oxygens (including phenoxy) is 1. The smallest absolute Gasteiger partial charge is 0.320 e.